The minimum atomic E-state index is -4.47. The van der Waals surface area contributed by atoms with E-state index in [1.165, 1.54) is 12.1 Å². The van der Waals surface area contributed by atoms with E-state index in [-0.39, 0.29) is 17.8 Å². The van der Waals surface area contributed by atoms with Crippen LogP contribution in [0.5, 0.6) is 0 Å². The molecule has 5 heteroatoms. The summed E-state index contributed by atoms with van der Waals surface area (Å²) >= 11 is 0. The van der Waals surface area contributed by atoms with Crippen LogP contribution < -0.4 is 0 Å². The third kappa shape index (κ3) is 3.06. The number of benzene rings is 1. The van der Waals surface area contributed by atoms with Crippen LogP contribution in [-0.4, -0.2) is 5.78 Å². The minimum absolute atomic E-state index is 0.0918. The van der Waals surface area contributed by atoms with Crippen molar-refractivity contribution in [3.05, 3.63) is 35.4 Å². The highest BCUT2D eigenvalue weighted by Gasteiger charge is 2.31. The number of hydrogen-bond donors (Lipinski definition) is 0. The molecular weight excluding hydrogens is 231 g/mol. The molecule has 0 unspecified atom stereocenters. The Kier molecular flexibility index (Phi) is 3.89. The zero-order valence-electron chi connectivity index (χ0n) is 9.08. The molecule has 1 aromatic rings. The Morgan fingerprint density at radius 3 is 2.59 bits per heavy atom. The van der Waals surface area contributed by atoms with Gasteiger partial charge in [0.05, 0.1) is 11.6 Å². The fraction of sp³-hybridized carbons (Fsp3) is 0.333. The van der Waals surface area contributed by atoms with Crippen LogP contribution in [-0.2, 0) is 11.0 Å². The highest BCUT2D eigenvalue weighted by atomic mass is 19.4. The molecule has 0 saturated heterocycles. The van der Waals surface area contributed by atoms with Crippen molar-refractivity contribution in [2.24, 2.45) is 0 Å². The summed E-state index contributed by atoms with van der Waals surface area (Å²) in [4.78, 5) is 11.4. The summed E-state index contributed by atoms with van der Waals surface area (Å²) in [5.74, 6) is -1.51. The van der Waals surface area contributed by atoms with Crippen LogP contribution in [0, 0.1) is 11.3 Å². The number of rotatable bonds is 3. The molecule has 0 amide bonds. The second-order valence-corrected chi connectivity index (χ2v) is 3.51. The smallest absolute Gasteiger partial charge is 0.298 e. The molecule has 0 aliphatic carbocycles. The first-order valence-electron chi connectivity index (χ1n) is 4.99. The largest absolute Gasteiger partial charge is 0.416 e. The molecule has 0 aliphatic rings. The van der Waals surface area contributed by atoms with E-state index in [0.29, 0.717) is 0 Å². The SMILES string of the molecule is CCC(=O)[C@H](C#N)c1cccc(C(F)(F)F)c1. The first-order valence-corrected chi connectivity index (χ1v) is 4.99. The molecule has 0 N–H and O–H groups in total. The van der Waals surface area contributed by atoms with Gasteiger partial charge in [-0.25, -0.2) is 0 Å². The van der Waals surface area contributed by atoms with E-state index in [9.17, 15) is 18.0 Å². The molecule has 1 aromatic carbocycles. The molecule has 0 aromatic heterocycles. The second kappa shape index (κ2) is 5.00. The van der Waals surface area contributed by atoms with Crippen LogP contribution in [0.3, 0.4) is 0 Å². The Hall–Kier alpha value is -1.83. The van der Waals surface area contributed by atoms with E-state index < -0.39 is 17.7 Å². The molecule has 1 atom stereocenters. The van der Waals surface area contributed by atoms with Crippen molar-refractivity contribution in [1.82, 2.24) is 0 Å². The summed E-state index contributed by atoms with van der Waals surface area (Å²) in [7, 11) is 0. The van der Waals surface area contributed by atoms with Gasteiger partial charge in [0, 0.05) is 6.42 Å². The summed E-state index contributed by atoms with van der Waals surface area (Å²) in [6.07, 6.45) is -4.35. The summed E-state index contributed by atoms with van der Waals surface area (Å²) in [6.45, 7) is 1.57. The molecule has 1 rings (SSSR count). The van der Waals surface area contributed by atoms with Gasteiger partial charge in [-0.3, -0.25) is 4.79 Å². The third-order valence-electron chi connectivity index (χ3n) is 2.35. The number of Topliss-reactive ketones (excluding diaryl/α,β-unsaturated/α-hetero) is 1. The maximum Gasteiger partial charge on any atom is 0.416 e. The quantitative estimate of drug-likeness (QED) is 0.814. The second-order valence-electron chi connectivity index (χ2n) is 3.51. The van der Waals surface area contributed by atoms with E-state index in [2.05, 4.69) is 0 Å². The Balaban J connectivity index is 3.15. The van der Waals surface area contributed by atoms with Crippen molar-refractivity contribution in [2.45, 2.75) is 25.4 Å². The van der Waals surface area contributed by atoms with Crippen LogP contribution in [0.1, 0.15) is 30.4 Å². The van der Waals surface area contributed by atoms with Gasteiger partial charge < -0.3 is 0 Å². The Morgan fingerprint density at radius 2 is 2.12 bits per heavy atom. The van der Waals surface area contributed by atoms with Crippen LogP contribution in [0.4, 0.5) is 13.2 Å². The number of nitriles is 1. The standard InChI is InChI=1S/C12H10F3NO/c1-2-11(17)10(7-16)8-4-3-5-9(6-8)12(13,14)15/h3-6,10H,2H2,1H3/t10-/m1/s1. The molecule has 0 radical (unpaired) electrons. The van der Waals surface area contributed by atoms with E-state index in [1.54, 1.807) is 13.0 Å². The fourth-order valence-electron chi connectivity index (χ4n) is 1.43. The summed E-state index contributed by atoms with van der Waals surface area (Å²) in [5.41, 5.74) is -0.756. The summed E-state index contributed by atoms with van der Waals surface area (Å²) < 4.78 is 37.4. The molecule has 90 valence electrons. The van der Waals surface area contributed by atoms with Crippen molar-refractivity contribution in [3.63, 3.8) is 0 Å². The Morgan fingerprint density at radius 1 is 1.47 bits per heavy atom. The summed E-state index contributed by atoms with van der Waals surface area (Å²) in [5, 5.41) is 8.82. The van der Waals surface area contributed by atoms with Gasteiger partial charge in [0.25, 0.3) is 0 Å². The molecule has 17 heavy (non-hydrogen) atoms. The van der Waals surface area contributed by atoms with Gasteiger partial charge in [-0.2, -0.15) is 18.4 Å². The Bertz CT molecular complexity index is 460. The molecule has 0 fully saturated rings. The van der Waals surface area contributed by atoms with Crippen molar-refractivity contribution >= 4 is 5.78 Å². The molecule has 2 nitrogen and oxygen atoms in total. The molecule has 0 saturated carbocycles. The zero-order valence-corrected chi connectivity index (χ0v) is 9.08. The number of carbonyl (C=O) groups excluding carboxylic acids is 1. The normalized spacial score (nSPS) is 12.9. The zero-order chi connectivity index (χ0) is 13.1. The number of carbonyl (C=O) groups is 1. The van der Waals surface area contributed by atoms with Crippen LogP contribution >= 0.6 is 0 Å². The predicted octanol–water partition coefficient (Wildman–Crippen LogP) is 3.29. The number of halogens is 3. The van der Waals surface area contributed by atoms with E-state index in [1.807, 2.05) is 0 Å². The third-order valence-corrected chi connectivity index (χ3v) is 2.35. The topological polar surface area (TPSA) is 40.9 Å². The van der Waals surface area contributed by atoms with Crippen molar-refractivity contribution in [2.75, 3.05) is 0 Å². The molecule has 0 bridgehead atoms. The van der Waals surface area contributed by atoms with Crippen LogP contribution in [0.2, 0.25) is 0 Å². The molecular formula is C12H10F3NO. The fourth-order valence-corrected chi connectivity index (χ4v) is 1.43. The number of ketones is 1. The lowest BCUT2D eigenvalue weighted by Gasteiger charge is -2.11. The molecule has 0 aliphatic heterocycles. The number of hydrogen-bond acceptors (Lipinski definition) is 2. The van der Waals surface area contributed by atoms with Crippen molar-refractivity contribution in [1.29, 1.82) is 5.26 Å². The lowest BCUT2D eigenvalue weighted by atomic mass is 9.93. The highest BCUT2D eigenvalue weighted by Crippen LogP contribution is 2.31. The first-order chi connectivity index (χ1) is 7.90. The van der Waals surface area contributed by atoms with E-state index in [0.717, 1.165) is 12.1 Å². The summed E-state index contributed by atoms with van der Waals surface area (Å²) in [6, 6.07) is 6.05. The van der Waals surface area contributed by atoms with Gasteiger partial charge in [0.15, 0.2) is 5.78 Å². The lowest BCUT2D eigenvalue weighted by Crippen LogP contribution is -2.11. The number of nitrogens with zero attached hydrogens (tertiary/aromatic N) is 1. The van der Waals surface area contributed by atoms with Gasteiger partial charge in [-0.15, -0.1) is 0 Å². The van der Waals surface area contributed by atoms with Crippen LogP contribution in [0.25, 0.3) is 0 Å². The Labute approximate surface area is 96.7 Å². The average Bonchev–Trinajstić information content (AvgIpc) is 2.29. The maximum absolute atomic E-state index is 12.5. The maximum atomic E-state index is 12.5. The van der Waals surface area contributed by atoms with Gasteiger partial charge >= 0.3 is 6.18 Å². The lowest BCUT2D eigenvalue weighted by molar-refractivity contribution is -0.137. The van der Waals surface area contributed by atoms with Gasteiger partial charge in [0.1, 0.15) is 5.92 Å². The van der Waals surface area contributed by atoms with Gasteiger partial charge in [0.2, 0.25) is 0 Å². The first kappa shape index (κ1) is 13.2. The van der Waals surface area contributed by atoms with E-state index in [4.69, 9.17) is 5.26 Å². The number of alkyl halides is 3. The minimum Gasteiger partial charge on any atom is -0.298 e. The van der Waals surface area contributed by atoms with Crippen molar-refractivity contribution < 1.29 is 18.0 Å². The highest BCUT2D eigenvalue weighted by molar-refractivity contribution is 5.88. The molecule has 0 spiro atoms. The van der Waals surface area contributed by atoms with Gasteiger partial charge in [-0.05, 0) is 11.6 Å². The van der Waals surface area contributed by atoms with Crippen molar-refractivity contribution in [3.8, 4) is 6.07 Å². The average molecular weight is 241 g/mol. The predicted molar refractivity (Wildman–Crippen MR) is 55.1 cm³/mol. The molecule has 0 heterocycles. The van der Waals surface area contributed by atoms with Crippen LogP contribution in [0.15, 0.2) is 24.3 Å². The monoisotopic (exact) mass is 241 g/mol. The van der Waals surface area contributed by atoms with Gasteiger partial charge in [-0.1, -0.05) is 25.1 Å². The van der Waals surface area contributed by atoms with E-state index >= 15 is 0 Å².